The lowest BCUT2D eigenvalue weighted by atomic mass is 10.0. The first kappa shape index (κ1) is 21.9. The second-order valence-corrected chi connectivity index (χ2v) is 8.67. The van der Waals surface area contributed by atoms with Crippen molar-refractivity contribution in [2.75, 3.05) is 0 Å². The number of amides is 2. The van der Waals surface area contributed by atoms with E-state index in [1.807, 2.05) is 6.92 Å². The Kier molecular flexibility index (Phi) is 5.90. The molecule has 1 aliphatic heterocycles. The van der Waals surface area contributed by atoms with Gasteiger partial charge in [-0.2, -0.15) is 0 Å². The van der Waals surface area contributed by atoms with Crippen LogP contribution in [-0.2, 0) is 11.3 Å². The lowest BCUT2D eigenvalue weighted by Crippen LogP contribution is -2.27. The second-order valence-electron chi connectivity index (χ2n) is 7.27. The van der Waals surface area contributed by atoms with Crippen molar-refractivity contribution < 1.29 is 18.9 Å². The number of aryl methyl sites for hydroxylation is 2. The normalized spacial score (nSPS) is 15.1. The molecule has 32 heavy (non-hydrogen) atoms. The maximum absolute atomic E-state index is 12.8. The Morgan fingerprint density at radius 2 is 1.84 bits per heavy atom. The van der Waals surface area contributed by atoms with Gasteiger partial charge in [0.05, 0.1) is 21.9 Å². The average molecular weight is 469 g/mol. The minimum absolute atomic E-state index is 0.0611. The van der Waals surface area contributed by atoms with E-state index < -0.39 is 16.1 Å². The number of nitro groups is 1. The van der Waals surface area contributed by atoms with Crippen molar-refractivity contribution in [3.05, 3.63) is 91.0 Å². The summed E-state index contributed by atoms with van der Waals surface area (Å²) in [6, 6.07) is 13.4. The topological polar surface area (TPSA) is 93.7 Å². The molecule has 2 aromatic carbocycles. The van der Waals surface area contributed by atoms with Crippen LogP contribution in [0.4, 0.5) is 10.5 Å². The number of halogens is 1. The van der Waals surface area contributed by atoms with Gasteiger partial charge in [0.1, 0.15) is 11.5 Å². The molecule has 162 valence electrons. The Labute approximate surface area is 192 Å². The fourth-order valence-electron chi connectivity index (χ4n) is 3.29. The number of carbonyl (C=O) groups is 2. The molecule has 2 heterocycles. The highest BCUT2D eigenvalue weighted by Crippen LogP contribution is 2.37. The number of hydrogen-bond donors (Lipinski definition) is 0. The van der Waals surface area contributed by atoms with Gasteiger partial charge in [-0.15, -0.1) is 0 Å². The van der Waals surface area contributed by atoms with Crippen LogP contribution in [0.3, 0.4) is 0 Å². The Morgan fingerprint density at radius 3 is 2.56 bits per heavy atom. The zero-order valence-electron chi connectivity index (χ0n) is 17.1. The second kappa shape index (κ2) is 8.64. The van der Waals surface area contributed by atoms with Gasteiger partial charge in [0.25, 0.3) is 16.8 Å². The molecule has 0 spiro atoms. The van der Waals surface area contributed by atoms with Crippen LogP contribution in [0.25, 0.3) is 17.4 Å². The van der Waals surface area contributed by atoms with Crippen LogP contribution in [0, 0.1) is 24.0 Å². The first-order valence-corrected chi connectivity index (χ1v) is 10.8. The molecule has 1 aromatic heterocycles. The predicted octanol–water partition coefficient (Wildman–Crippen LogP) is 6.36. The monoisotopic (exact) mass is 468 g/mol. The molecule has 1 fully saturated rings. The first-order valence-electron chi connectivity index (χ1n) is 9.59. The van der Waals surface area contributed by atoms with E-state index in [1.54, 1.807) is 49.4 Å². The molecule has 3 aromatic rings. The van der Waals surface area contributed by atoms with Crippen molar-refractivity contribution in [1.82, 2.24) is 4.90 Å². The van der Waals surface area contributed by atoms with Crippen LogP contribution in [-0.4, -0.2) is 21.0 Å². The highest BCUT2D eigenvalue weighted by atomic mass is 35.5. The molecule has 0 unspecified atom stereocenters. The summed E-state index contributed by atoms with van der Waals surface area (Å²) in [5.41, 5.74) is 2.65. The molecule has 0 atom stereocenters. The summed E-state index contributed by atoms with van der Waals surface area (Å²) in [4.78, 5) is 37.5. The van der Waals surface area contributed by atoms with E-state index in [1.165, 1.54) is 12.1 Å². The Hall–Kier alpha value is -3.36. The van der Waals surface area contributed by atoms with E-state index in [0.717, 1.165) is 27.8 Å². The summed E-state index contributed by atoms with van der Waals surface area (Å²) in [5.74, 6) is 0.173. The molecule has 0 N–H and O–H groups in total. The van der Waals surface area contributed by atoms with Crippen LogP contribution < -0.4 is 0 Å². The predicted molar refractivity (Wildman–Crippen MR) is 123 cm³/mol. The summed E-state index contributed by atoms with van der Waals surface area (Å²) >= 11 is 6.95. The van der Waals surface area contributed by atoms with E-state index in [0.29, 0.717) is 27.7 Å². The third kappa shape index (κ3) is 4.19. The number of nitrogens with zero attached hydrogens (tertiary/aromatic N) is 2. The van der Waals surface area contributed by atoms with Gasteiger partial charge in [-0.1, -0.05) is 29.8 Å². The lowest BCUT2D eigenvalue weighted by Gasteiger charge is -2.13. The molecule has 2 amide bonds. The van der Waals surface area contributed by atoms with E-state index in [9.17, 15) is 19.7 Å². The van der Waals surface area contributed by atoms with Gasteiger partial charge < -0.3 is 4.42 Å². The van der Waals surface area contributed by atoms with Gasteiger partial charge in [-0.25, -0.2) is 0 Å². The van der Waals surface area contributed by atoms with Crippen LogP contribution in [0.1, 0.15) is 22.5 Å². The maximum atomic E-state index is 12.8. The smallest absolute Gasteiger partial charge is 0.293 e. The SMILES string of the molecule is Cc1cc(-c2ccc(/C=C3\SC(=O)N(Cc4ccccc4Cl)C3=O)o2)c([N+](=O)[O-])cc1C. The molecule has 4 rings (SSSR count). The Bertz CT molecular complexity index is 1300. The summed E-state index contributed by atoms with van der Waals surface area (Å²) in [6.45, 7) is 3.74. The zero-order chi connectivity index (χ0) is 23.0. The molecule has 9 heteroatoms. The summed E-state index contributed by atoms with van der Waals surface area (Å²) in [5, 5.41) is 11.6. The van der Waals surface area contributed by atoms with Crippen molar-refractivity contribution in [2.45, 2.75) is 20.4 Å². The van der Waals surface area contributed by atoms with Crippen molar-refractivity contribution in [1.29, 1.82) is 0 Å². The minimum Gasteiger partial charge on any atom is -0.456 e. The molecule has 7 nitrogen and oxygen atoms in total. The van der Waals surface area contributed by atoms with E-state index >= 15 is 0 Å². The number of benzene rings is 2. The molecule has 0 saturated carbocycles. The molecule has 0 aliphatic carbocycles. The molecular formula is C23H17ClN2O5S. The number of carbonyl (C=O) groups excluding carboxylic acids is 2. The Morgan fingerprint density at radius 1 is 1.12 bits per heavy atom. The van der Waals surface area contributed by atoms with Crippen LogP contribution in [0.5, 0.6) is 0 Å². The highest BCUT2D eigenvalue weighted by Gasteiger charge is 2.35. The standard InChI is InChI=1S/C23H17ClN2O5S/c1-13-9-17(19(26(29)30)10-14(13)2)20-8-7-16(31-20)11-21-22(27)25(23(28)32-21)12-15-5-3-4-6-18(15)24/h3-11H,12H2,1-2H3/b21-11-. The average Bonchev–Trinajstić information content (AvgIpc) is 3.31. The summed E-state index contributed by atoms with van der Waals surface area (Å²) in [7, 11) is 0. The number of furan rings is 1. The van der Waals surface area contributed by atoms with Crippen molar-refractivity contribution >= 4 is 46.3 Å². The number of imide groups is 1. The minimum atomic E-state index is -0.454. The van der Waals surface area contributed by atoms with Gasteiger partial charge >= 0.3 is 0 Å². The van der Waals surface area contributed by atoms with Crippen LogP contribution in [0.15, 0.2) is 57.9 Å². The van der Waals surface area contributed by atoms with Gasteiger partial charge in [-0.05, 0) is 66.6 Å². The summed E-state index contributed by atoms with van der Waals surface area (Å²) in [6.07, 6.45) is 1.47. The van der Waals surface area contributed by atoms with Crippen LogP contribution >= 0.6 is 23.4 Å². The molecule has 0 bridgehead atoms. The third-order valence-corrected chi connectivity index (χ3v) is 6.41. The highest BCUT2D eigenvalue weighted by molar-refractivity contribution is 8.18. The van der Waals surface area contributed by atoms with Crippen LogP contribution in [0.2, 0.25) is 5.02 Å². The van der Waals surface area contributed by atoms with Crippen molar-refractivity contribution in [3.8, 4) is 11.3 Å². The van der Waals surface area contributed by atoms with E-state index in [2.05, 4.69) is 0 Å². The number of thioether (sulfide) groups is 1. The fraction of sp³-hybridized carbons (Fsp3) is 0.130. The fourth-order valence-corrected chi connectivity index (χ4v) is 4.30. The molecule has 1 aliphatic rings. The number of nitro benzene ring substituents is 1. The first-order chi connectivity index (χ1) is 15.2. The molecular weight excluding hydrogens is 452 g/mol. The molecule has 1 saturated heterocycles. The Balaban J connectivity index is 1.61. The van der Waals surface area contributed by atoms with Crippen molar-refractivity contribution in [3.63, 3.8) is 0 Å². The van der Waals surface area contributed by atoms with E-state index in [-0.39, 0.29) is 17.1 Å². The van der Waals surface area contributed by atoms with Gasteiger partial charge in [0, 0.05) is 17.2 Å². The van der Waals surface area contributed by atoms with E-state index in [4.69, 9.17) is 16.0 Å². The maximum Gasteiger partial charge on any atom is 0.293 e. The van der Waals surface area contributed by atoms with Crippen molar-refractivity contribution in [2.24, 2.45) is 0 Å². The number of rotatable bonds is 5. The van der Waals surface area contributed by atoms with Gasteiger partial charge in [-0.3, -0.25) is 24.6 Å². The quantitative estimate of drug-likeness (QED) is 0.245. The number of hydrogen-bond acceptors (Lipinski definition) is 6. The largest absolute Gasteiger partial charge is 0.456 e. The lowest BCUT2D eigenvalue weighted by molar-refractivity contribution is -0.384. The zero-order valence-corrected chi connectivity index (χ0v) is 18.7. The third-order valence-electron chi connectivity index (χ3n) is 5.13. The molecule has 0 radical (unpaired) electrons. The van der Waals surface area contributed by atoms with Gasteiger partial charge in [0.2, 0.25) is 0 Å². The summed E-state index contributed by atoms with van der Waals surface area (Å²) < 4.78 is 5.78. The van der Waals surface area contributed by atoms with Gasteiger partial charge in [0.15, 0.2) is 0 Å².